The summed E-state index contributed by atoms with van der Waals surface area (Å²) in [6, 6.07) is 18.8. The number of benzene rings is 3. The van der Waals surface area contributed by atoms with Gasteiger partial charge in [-0.25, -0.2) is 0 Å². The van der Waals surface area contributed by atoms with Crippen LogP contribution in [0.3, 0.4) is 0 Å². The number of carbonyl (C=O) groups is 2. The van der Waals surface area contributed by atoms with E-state index < -0.39 is 5.91 Å². The normalized spacial score (nSPS) is 12.7. The average molecular weight is 374 g/mol. The molecule has 28 heavy (non-hydrogen) atoms. The van der Waals surface area contributed by atoms with Crippen LogP contribution in [0.2, 0.25) is 0 Å². The van der Waals surface area contributed by atoms with E-state index in [0.717, 1.165) is 10.8 Å². The van der Waals surface area contributed by atoms with Gasteiger partial charge in [-0.05, 0) is 46.7 Å². The Labute approximate surface area is 161 Å². The van der Waals surface area contributed by atoms with Crippen LogP contribution in [0.15, 0.2) is 66.4 Å². The Kier molecular flexibility index (Phi) is 4.68. The zero-order chi connectivity index (χ0) is 19.5. The smallest absolute Gasteiger partial charge is 0.272 e. The molecular formula is C22H18N2O4. The lowest BCUT2D eigenvalue weighted by atomic mass is 10.1. The van der Waals surface area contributed by atoms with Crippen molar-refractivity contribution in [2.45, 2.75) is 6.92 Å². The van der Waals surface area contributed by atoms with Gasteiger partial charge in [0.05, 0.1) is 0 Å². The van der Waals surface area contributed by atoms with E-state index in [1.165, 1.54) is 6.92 Å². The van der Waals surface area contributed by atoms with Crippen molar-refractivity contribution in [3.05, 3.63) is 71.9 Å². The molecule has 0 bridgehead atoms. The highest BCUT2D eigenvalue weighted by Gasteiger charge is 2.15. The van der Waals surface area contributed by atoms with Crippen LogP contribution in [0.5, 0.6) is 11.5 Å². The highest BCUT2D eigenvalue weighted by atomic mass is 16.7. The van der Waals surface area contributed by atoms with Crippen LogP contribution in [-0.2, 0) is 9.59 Å². The van der Waals surface area contributed by atoms with Gasteiger partial charge in [0.1, 0.15) is 5.70 Å². The van der Waals surface area contributed by atoms with Gasteiger partial charge < -0.3 is 20.1 Å². The van der Waals surface area contributed by atoms with Gasteiger partial charge in [0.2, 0.25) is 12.7 Å². The van der Waals surface area contributed by atoms with Gasteiger partial charge in [0.25, 0.3) is 5.91 Å². The zero-order valence-electron chi connectivity index (χ0n) is 15.2. The summed E-state index contributed by atoms with van der Waals surface area (Å²) in [5.41, 5.74) is 1.49. The number of rotatable bonds is 4. The molecule has 3 aromatic carbocycles. The van der Waals surface area contributed by atoms with Crippen molar-refractivity contribution < 1.29 is 19.1 Å². The van der Waals surface area contributed by atoms with E-state index in [1.54, 1.807) is 24.3 Å². The second-order valence-corrected chi connectivity index (χ2v) is 6.37. The van der Waals surface area contributed by atoms with Crippen molar-refractivity contribution in [2.75, 3.05) is 12.1 Å². The SMILES string of the molecule is CC(=O)N/C(=C\c1ccc2c(c1)OCO2)C(=O)Nc1ccc2ccccc2c1. The predicted octanol–water partition coefficient (Wildman–Crippen LogP) is 3.68. The highest BCUT2D eigenvalue weighted by Crippen LogP contribution is 2.33. The lowest BCUT2D eigenvalue weighted by molar-refractivity contribution is -0.120. The third kappa shape index (κ3) is 3.81. The number of hydrogen-bond donors (Lipinski definition) is 2. The molecule has 4 rings (SSSR count). The fraction of sp³-hybridized carbons (Fsp3) is 0.0909. The molecule has 0 saturated carbocycles. The van der Waals surface area contributed by atoms with Crippen molar-refractivity contribution >= 4 is 34.4 Å². The first-order valence-electron chi connectivity index (χ1n) is 8.77. The number of carbonyl (C=O) groups excluding carboxylic acids is 2. The van der Waals surface area contributed by atoms with Crippen molar-refractivity contribution in [3.8, 4) is 11.5 Å². The molecule has 6 nitrogen and oxygen atoms in total. The molecule has 0 unspecified atom stereocenters. The van der Waals surface area contributed by atoms with E-state index in [2.05, 4.69) is 10.6 Å². The van der Waals surface area contributed by atoms with E-state index >= 15 is 0 Å². The maximum absolute atomic E-state index is 12.8. The predicted molar refractivity (Wildman–Crippen MR) is 107 cm³/mol. The molecule has 1 heterocycles. The molecule has 0 atom stereocenters. The minimum atomic E-state index is -0.414. The molecule has 2 N–H and O–H groups in total. The van der Waals surface area contributed by atoms with E-state index in [0.29, 0.717) is 22.7 Å². The summed E-state index contributed by atoms with van der Waals surface area (Å²) in [5, 5.41) is 7.52. The maximum atomic E-state index is 12.8. The van der Waals surface area contributed by atoms with Crippen molar-refractivity contribution in [3.63, 3.8) is 0 Å². The second-order valence-electron chi connectivity index (χ2n) is 6.37. The Bertz CT molecular complexity index is 1100. The average Bonchev–Trinajstić information content (AvgIpc) is 3.15. The van der Waals surface area contributed by atoms with Crippen LogP contribution < -0.4 is 20.1 Å². The van der Waals surface area contributed by atoms with Crippen LogP contribution >= 0.6 is 0 Å². The summed E-state index contributed by atoms with van der Waals surface area (Å²) >= 11 is 0. The number of ether oxygens (including phenoxy) is 2. The summed E-state index contributed by atoms with van der Waals surface area (Å²) in [6.07, 6.45) is 1.60. The summed E-state index contributed by atoms with van der Waals surface area (Å²) in [6.45, 7) is 1.53. The van der Waals surface area contributed by atoms with Gasteiger partial charge in [0, 0.05) is 12.6 Å². The molecule has 0 spiro atoms. The van der Waals surface area contributed by atoms with E-state index in [9.17, 15) is 9.59 Å². The van der Waals surface area contributed by atoms with Gasteiger partial charge >= 0.3 is 0 Å². The van der Waals surface area contributed by atoms with E-state index in [-0.39, 0.29) is 18.4 Å². The molecule has 0 aliphatic carbocycles. The molecule has 0 aromatic heterocycles. The lowest BCUT2D eigenvalue weighted by Gasteiger charge is -2.11. The Morgan fingerprint density at radius 3 is 2.54 bits per heavy atom. The molecule has 6 heteroatoms. The van der Waals surface area contributed by atoms with Gasteiger partial charge in [-0.3, -0.25) is 9.59 Å². The molecule has 0 saturated heterocycles. The quantitative estimate of drug-likeness (QED) is 0.683. The minimum absolute atomic E-state index is 0.138. The first-order chi connectivity index (χ1) is 13.6. The number of hydrogen-bond acceptors (Lipinski definition) is 4. The fourth-order valence-corrected chi connectivity index (χ4v) is 2.98. The van der Waals surface area contributed by atoms with Gasteiger partial charge in [0.15, 0.2) is 11.5 Å². The molecule has 3 aromatic rings. The molecule has 2 amide bonds. The third-order valence-electron chi connectivity index (χ3n) is 4.27. The summed E-state index contributed by atoms with van der Waals surface area (Å²) < 4.78 is 10.7. The van der Waals surface area contributed by atoms with Crippen LogP contribution in [0.4, 0.5) is 5.69 Å². The fourth-order valence-electron chi connectivity index (χ4n) is 2.98. The molecule has 140 valence electrons. The topological polar surface area (TPSA) is 76.7 Å². The minimum Gasteiger partial charge on any atom is -0.454 e. The number of nitrogens with one attached hydrogen (secondary N) is 2. The summed E-state index contributed by atoms with van der Waals surface area (Å²) in [4.78, 5) is 24.4. The van der Waals surface area contributed by atoms with E-state index in [1.807, 2.05) is 42.5 Å². The highest BCUT2D eigenvalue weighted by molar-refractivity contribution is 6.09. The molecule has 1 aliphatic rings. The number of fused-ring (bicyclic) bond motifs is 2. The summed E-state index contributed by atoms with van der Waals surface area (Å²) in [5.74, 6) is 0.508. The third-order valence-corrected chi connectivity index (χ3v) is 4.27. The molecule has 1 aliphatic heterocycles. The number of anilines is 1. The van der Waals surface area contributed by atoms with Crippen molar-refractivity contribution in [1.82, 2.24) is 5.32 Å². The zero-order valence-corrected chi connectivity index (χ0v) is 15.2. The molecule has 0 fully saturated rings. The van der Waals surface area contributed by atoms with Crippen LogP contribution in [0.1, 0.15) is 12.5 Å². The van der Waals surface area contributed by atoms with Crippen molar-refractivity contribution in [1.29, 1.82) is 0 Å². The largest absolute Gasteiger partial charge is 0.454 e. The molecule has 0 radical (unpaired) electrons. The number of amides is 2. The van der Waals surface area contributed by atoms with Gasteiger partial charge in [-0.1, -0.05) is 36.4 Å². The Morgan fingerprint density at radius 2 is 1.71 bits per heavy atom. The first-order valence-corrected chi connectivity index (χ1v) is 8.77. The Morgan fingerprint density at radius 1 is 0.929 bits per heavy atom. The maximum Gasteiger partial charge on any atom is 0.272 e. The second kappa shape index (κ2) is 7.44. The Balaban J connectivity index is 1.60. The van der Waals surface area contributed by atoms with Crippen LogP contribution in [0, 0.1) is 0 Å². The standard InChI is InChI=1S/C22H18N2O4/c1-14(25)23-19(10-15-6-9-20-21(11-15)28-13-27-20)22(26)24-18-8-7-16-4-2-3-5-17(16)12-18/h2-12H,13H2,1H3,(H,23,25)(H,24,26)/b19-10-. The van der Waals surface area contributed by atoms with Gasteiger partial charge in [-0.2, -0.15) is 0 Å². The lowest BCUT2D eigenvalue weighted by Crippen LogP contribution is -2.28. The van der Waals surface area contributed by atoms with Crippen LogP contribution in [0.25, 0.3) is 16.8 Å². The van der Waals surface area contributed by atoms with Gasteiger partial charge in [-0.15, -0.1) is 0 Å². The monoisotopic (exact) mass is 374 g/mol. The van der Waals surface area contributed by atoms with Crippen LogP contribution in [-0.4, -0.2) is 18.6 Å². The molecular weight excluding hydrogens is 356 g/mol. The Hall–Kier alpha value is -3.80. The van der Waals surface area contributed by atoms with Crippen molar-refractivity contribution in [2.24, 2.45) is 0 Å². The first kappa shape index (κ1) is 17.6. The van der Waals surface area contributed by atoms with E-state index in [4.69, 9.17) is 9.47 Å². The summed E-state index contributed by atoms with van der Waals surface area (Å²) in [7, 11) is 0.